The van der Waals surface area contributed by atoms with Crippen LogP contribution in [0.5, 0.6) is 5.75 Å². The number of hydrogen-bond donors (Lipinski definition) is 2. The van der Waals surface area contributed by atoms with Crippen LogP contribution in [0, 0.1) is 18.7 Å². The molecule has 0 amide bonds. The number of fused-ring (bicyclic) bond motifs is 2. The molecule has 3 aliphatic rings. The fourth-order valence-corrected chi connectivity index (χ4v) is 5.20. The first-order valence-electron chi connectivity index (χ1n) is 10.6. The summed E-state index contributed by atoms with van der Waals surface area (Å²) in [5.41, 5.74) is 1.37. The summed E-state index contributed by atoms with van der Waals surface area (Å²) in [5.74, 6) is -0.763. The van der Waals surface area contributed by atoms with Crippen molar-refractivity contribution < 1.29 is 14.2 Å². The number of allylic oxidation sites excluding steroid dienone is 1. The number of nitrogens with one attached hydrogen (secondary N) is 1. The third kappa shape index (κ3) is 2.80. The molecule has 2 unspecified atom stereocenters. The Morgan fingerprint density at radius 3 is 2.73 bits per heavy atom. The zero-order valence-corrected chi connectivity index (χ0v) is 17.2. The normalized spacial score (nSPS) is 24.0. The molecule has 0 bridgehead atoms. The minimum Gasteiger partial charge on any atom is -0.493 e. The molecule has 1 saturated carbocycles. The molecule has 5 rings (SSSR count). The molecular formula is C22H26FN3O4. The third-order valence-corrected chi connectivity index (χ3v) is 6.76. The lowest BCUT2D eigenvalue weighted by Crippen LogP contribution is -2.32. The second kappa shape index (κ2) is 6.97. The van der Waals surface area contributed by atoms with E-state index in [4.69, 9.17) is 4.74 Å². The minimum atomic E-state index is -0.637. The van der Waals surface area contributed by atoms with E-state index < -0.39 is 23.2 Å². The van der Waals surface area contributed by atoms with Crippen LogP contribution in [0.2, 0.25) is 0 Å². The Bertz CT molecular complexity index is 1180. The van der Waals surface area contributed by atoms with Gasteiger partial charge in [0.2, 0.25) is 0 Å². The maximum atomic E-state index is 15.7. The zero-order valence-electron chi connectivity index (χ0n) is 17.2. The number of ether oxygens (including phenoxy) is 1. The number of nitrogens with zero attached hydrogens (tertiary/aromatic N) is 2. The molecule has 7 nitrogen and oxygen atoms in total. The van der Waals surface area contributed by atoms with E-state index in [1.54, 1.807) is 11.5 Å². The Labute approximate surface area is 172 Å². The summed E-state index contributed by atoms with van der Waals surface area (Å²) in [6.07, 6.45) is 6.02. The Kier molecular flexibility index (Phi) is 4.50. The molecule has 2 fully saturated rings. The number of halogens is 1. The predicted octanol–water partition coefficient (Wildman–Crippen LogP) is 2.39. The Morgan fingerprint density at radius 2 is 2.03 bits per heavy atom. The van der Waals surface area contributed by atoms with E-state index in [9.17, 15) is 14.7 Å². The molecule has 0 radical (unpaired) electrons. The molecule has 1 aliphatic heterocycles. The fourth-order valence-electron chi connectivity index (χ4n) is 5.20. The van der Waals surface area contributed by atoms with Crippen LogP contribution >= 0.6 is 0 Å². The van der Waals surface area contributed by atoms with Crippen molar-refractivity contribution in [3.05, 3.63) is 43.9 Å². The molecule has 8 heteroatoms. The molecule has 0 spiro atoms. The van der Waals surface area contributed by atoms with Gasteiger partial charge in [-0.1, -0.05) is 6.08 Å². The minimum absolute atomic E-state index is 0.00719. The number of rotatable bonds is 3. The summed E-state index contributed by atoms with van der Waals surface area (Å²) >= 11 is 0. The van der Waals surface area contributed by atoms with E-state index in [1.807, 2.05) is 4.90 Å². The highest BCUT2D eigenvalue weighted by Gasteiger charge is 2.38. The number of aromatic nitrogens is 2. The molecule has 2 aliphatic carbocycles. The number of H-pyrrole nitrogens is 1. The Morgan fingerprint density at radius 1 is 1.27 bits per heavy atom. The van der Waals surface area contributed by atoms with Gasteiger partial charge in [0.05, 0.1) is 24.4 Å². The van der Waals surface area contributed by atoms with Gasteiger partial charge in [0.1, 0.15) is 5.39 Å². The van der Waals surface area contributed by atoms with Crippen LogP contribution in [0.25, 0.3) is 10.9 Å². The van der Waals surface area contributed by atoms with E-state index in [0.29, 0.717) is 29.9 Å². The summed E-state index contributed by atoms with van der Waals surface area (Å²) in [7, 11) is 1.34. The van der Waals surface area contributed by atoms with Crippen LogP contribution < -0.4 is 20.9 Å². The van der Waals surface area contributed by atoms with Crippen molar-refractivity contribution >= 4 is 16.6 Å². The molecule has 2 heterocycles. The largest absolute Gasteiger partial charge is 0.493 e. The van der Waals surface area contributed by atoms with Crippen LogP contribution in [0.4, 0.5) is 10.1 Å². The molecule has 2 aromatic rings. The highest BCUT2D eigenvalue weighted by Crippen LogP contribution is 2.44. The van der Waals surface area contributed by atoms with Crippen molar-refractivity contribution in [1.29, 1.82) is 0 Å². The average Bonchev–Trinajstić information content (AvgIpc) is 3.48. The summed E-state index contributed by atoms with van der Waals surface area (Å²) in [6.45, 7) is 2.78. The fraction of sp³-hybridized carbons (Fsp3) is 0.545. The second-order valence-corrected chi connectivity index (χ2v) is 8.67. The van der Waals surface area contributed by atoms with Gasteiger partial charge in [0, 0.05) is 30.6 Å². The van der Waals surface area contributed by atoms with Gasteiger partial charge in [-0.05, 0) is 44.6 Å². The van der Waals surface area contributed by atoms with Crippen molar-refractivity contribution in [2.75, 3.05) is 25.1 Å². The summed E-state index contributed by atoms with van der Waals surface area (Å²) in [5, 5.41) is 10.6. The monoisotopic (exact) mass is 415 g/mol. The van der Waals surface area contributed by atoms with Crippen LogP contribution in [-0.4, -0.2) is 41.0 Å². The summed E-state index contributed by atoms with van der Waals surface area (Å²) in [6, 6.07) is 0.00719. The lowest BCUT2D eigenvalue weighted by Gasteiger charge is -2.25. The first-order chi connectivity index (χ1) is 14.4. The third-order valence-electron chi connectivity index (χ3n) is 6.76. The van der Waals surface area contributed by atoms with E-state index in [-0.39, 0.29) is 23.1 Å². The predicted molar refractivity (Wildman–Crippen MR) is 112 cm³/mol. The molecule has 1 aromatic heterocycles. The second-order valence-electron chi connectivity index (χ2n) is 8.67. The van der Waals surface area contributed by atoms with Gasteiger partial charge in [-0.2, -0.15) is 0 Å². The van der Waals surface area contributed by atoms with Gasteiger partial charge in [-0.3, -0.25) is 14.3 Å². The van der Waals surface area contributed by atoms with E-state index >= 15 is 4.39 Å². The first kappa shape index (κ1) is 19.4. The van der Waals surface area contributed by atoms with Crippen molar-refractivity contribution in [1.82, 2.24) is 9.55 Å². The van der Waals surface area contributed by atoms with Gasteiger partial charge in [-0.25, -0.2) is 9.18 Å². The number of aliphatic hydroxyl groups is 1. The smallest absolute Gasteiger partial charge is 0.329 e. The van der Waals surface area contributed by atoms with Gasteiger partial charge in [0.25, 0.3) is 5.56 Å². The molecular weight excluding hydrogens is 389 g/mol. The van der Waals surface area contributed by atoms with Crippen LogP contribution in [0.15, 0.2) is 21.2 Å². The number of anilines is 1. The molecule has 2 atom stereocenters. The van der Waals surface area contributed by atoms with Gasteiger partial charge in [-0.15, -0.1) is 0 Å². The number of benzene rings is 1. The van der Waals surface area contributed by atoms with E-state index in [0.717, 1.165) is 37.7 Å². The van der Waals surface area contributed by atoms with Crippen molar-refractivity contribution in [3.63, 3.8) is 0 Å². The molecule has 1 saturated heterocycles. The average molecular weight is 415 g/mol. The maximum Gasteiger partial charge on any atom is 0.329 e. The van der Waals surface area contributed by atoms with Gasteiger partial charge >= 0.3 is 5.69 Å². The highest BCUT2D eigenvalue weighted by atomic mass is 19.1. The first-order valence-corrected chi connectivity index (χ1v) is 10.6. The summed E-state index contributed by atoms with van der Waals surface area (Å²) < 4.78 is 22.6. The quantitative estimate of drug-likeness (QED) is 0.752. The molecule has 30 heavy (non-hydrogen) atoms. The van der Waals surface area contributed by atoms with Crippen LogP contribution in [0.1, 0.15) is 43.7 Å². The lowest BCUT2D eigenvalue weighted by molar-refractivity contribution is 0.125. The van der Waals surface area contributed by atoms with Crippen molar-refractivity contribution in [2.24, 2.45) is 5.92 Å². The standard InChI is InChI=1S/C22H26FN3O4/c1-11-18-16(21(28)24-22(29)26(18)13-7-8-13)20(30-2)17(23)19(11)25-9-12-5-3-4-6-15(27)14(12)10-25/h5,13-15,27H,3-4,6-10H2,1-2H3,(H,24,28,29). The topological polar surface area (TPSA) is 87.6 Å². The lowest BCUT2D eigenvalue weighted by atomic mass is 9.96. The van der Waals surface area contributed by atoms with E-state index in [1.165, 1.54) is 7.11 Å². The Balaban J connectivity index is 1.76. The van der Waals surface area contributed by atoms with E-state index in [2.05, 4.69) is 11.1 Å². The number of hydrogen-bond acceptors (Lipinski definition) is 5. The SMILES string of the molecule is COc1c(F)c(N2CC3=CCCCC(O)C3C2)c(C)c2c1c(=O)[nH]c(=O)n2C1CC1. The summed E-state index contributed by atoms with van der Waals surface area (Å²) in [4.78, 5) is 29.5. The van der Waals surface area contributed by atoms with Crippen molar-refractivity contribution in [2.45, 2.75) is 51.2 Å². The molecule has 1 aromatic carbocycles. The Hall–Kier alpha value is -2.61. The highest BCUT2D eigenvalue weighted by molar-refractivity contribution is 5.93. The van der Waals surface area contributed by atoms with Crippen LogP contribution in [0.3, 0.4) is 0 Å². The maximum absolute atomic E-state index is 15.7. The number of aromatic amines is 1. The zero-order chi connectivity index (χ0) is 21.2. The number of aryl methyl sites for hydroxylation is 1. The molecule has 2 N–H and O–H groups in total. The van der Waals surface area contributed by atoms with Crippen LogP contribution in [-0.2, 0) is 0 Å². The number of aliphatic hydroxyl groups excluding tert-OH is 1. The van der Waals surface area contributed by atoms with Gasteiger partial charge in [0.15, 0.2) is 11.6 Å². The molecule has 160 valence electrons. The van der Waals surface area contributed by atoms with Gasteiger partial charge < -0.3 is 14.7 Å². The number of methoxy groups -OCH3 is 1. The van der Waals surface area contributed by atoms with Crippen molar-refractivity contribution in [3.8, 4) is 5.75 Å².